The molecule has 2 aliphatic carbocycles. The van der Waals surface area contributed by atoms with E-state index in [9.17, 15) is 0 Å². The maximum Gasteiger partial charge on any atom is 0.0502 e. The highest BCUT2D eigenvalue weighted by Gasteiger charge is 2.61. The molecule has 1 aliphatic heterocycles. The summed E-state index contributed by atoms with van der Waals surface area (Å²) in [5.74, 6) is 1.81. The van der Waals surface area contributed by atoms with Gasteiger partial charge in [-0.15, -0.1) is 23.2 Å². The van der Waals surface area contributed by atoms with Crippen LogP contribution in [-0.4, -0.2) is 23.8 Å². The minimum Gasteiger partial charge on any atom is -0.316 e. The lowest BCUT2D eigenvalue weighted by atomic mass is 9.77. The van der Waals surface area contributed by atoms with Gasteiger partial charge in [0.25, 0.3) is 0 Å². The van der Waals surface area contributed by atoms with Gasteiger partial charge in [0.05, 0.1) is 5.38 Å². The van der Waals surface area contributed by atoms with Crippen molar-refractivity contribution in [3.8, 4) is 0 Å². The summed E-state index contributed by atoms with van der Waals surface area (Å²) < 4.78 is 0. The first-order chi connectivity index (χ1) is 6.72. The van der Waals surface area contributed by atoms with Gasteiger partial charge in [-0.3, -0.25) is 0 Å². The van der Waals surface area contributed by atoms with Crippen molar-refractivity contribution in [3.63, 3.8) is 0 Å². The first-order valence-electron chi connectivity index (χ1n) is 5.71. The lowest BCUT2D eigenvalue weighted by Gasteiger charge is -2.34. The second-order valence-corrected chi connectivity index (χ2v) is 6.43. The third-order valence-electron chi connectivity index (χ3n) is 4.63. The second kappa shape index (κ2) is 3.26. The minimum atomic E-state index is 0.214. The van der Waals surface area contributed by atoms with Gasteiger partial charge in [-0.2, -0.15) is 0 Å². The number of hydrogen-bond acceptors (Lipinski definition) is 1. The molecular formula is C11H17Cl2N. The third kappa shape index (κ3) is 1.32. The molecule has 0 amide bonds. The molecule has 0 aromatic heterocycles. The number of fused-ring (bicyclic) bond motifs is 1. The van der Waals surface area contributed by atoms with Gasteiger partial charge in [-0.25, -0.2) is 0 Å². The van der Waals surface area contributed by atoms with E-state index in [4.69, 9.17) is 23.2 Å². The van der Waals surface area contributed by atoms with E-state index >= 15 is 0 Å². The van der Waals surface area contributed by atoms with Crippen LogP contribution in [0.2, 0.25) is 0 Å². The number of alkyl halides is 2. The fourth-order valence-electron chi connectivity index (χ4n) is 3.62. The first-order valence-corrected chi connectivity index (χ1v) is 6.58. The average Bonchev–Trinajstić information content (AvgIpc) is 2.75. The summed E-state index contributed by atoms with van der Waals surface area (Å²) >= 11 is 12.4. The summed E-state index contributed by atoms with van der Waals surface area (Å²) in [6.45, 7) is 2.48. The zero-order chi connectivity index (χ0) is 9.76. The zero-order valence-electron chi connectivity index (χ0n) is 8.31. The Hall–Kier alpha value is 0.540. The van der Waals surface area contributed by atoms with Gasteiger partial charge in [0, 0.05) is 11.9 Å². The smallest absolute Gasteiger partial charge is 0.0502 e. The Labute approximate surface area is 95.5 Å². The summed E-state index contributed by atoms with van der Waals surface area (Å²) in [5.41, 5.74) is 0.643. The van der Waals surface area contributed by atoms with Crippen LogP contribution in [0.3, 0.4) is 0 Å². The predicted molar refractivity (Wildman–Crippen MR) is 60.0 cm³/mol. The van der Waals surface area contributed by atoms with Crippen molar-refractivity contribution in [1.82, 2.24) is 5.32 Å². The normalized spacial score (nSPS) is 57.0. The van der Waals surface area contributed by atoms with E-state index in [1.807, 2.05) is 0 Å². The van der Waals surface area contributed by atoms with Crippen molar-refractivity contribution in [2.24, 2.45) is 17.3 Å². The lowest BCUT2D eigenvalue weighted by molar-refractivity contribution is 0.235. The Morgan fingerprint density at radius 2 is 1.93 bits per heavy atom. The Balaban J connectivity index is 1.69. The van der Waals surface area contributed by atoms with Crippen LogP contribution in [0.15, 0.2) is 0 Å². The molecule has 0 aromatic carbocycles. The number of rotatable bonds is 1. The molecule has 80 valence electrons. The van der Waals surface area contributed by atoms with Gasteiger partial charge in [0.2, 0.25) is 0 Å². The first kappa shape index (κ1) is 9.74. The van der Waals surface area contributed by atoms with E-state index in [1.54, 1.807) is 0 Å². The van der Waals surface area contributed by atoms with Crippen LogP contribution in [0.5, 0.6) is 0 Å². The Morgan fingerprint density at radius 3 is 2.50 bits per heavy atom. The molecule has 3 heteroatoms. The van der Waals surface area contributed by atoms with Gasteiger partial charge in [-0.05, 0) is 49.5 Å². The molecule has 0 aromatic rings. The molecule has 0 spiro atoms. The summed E-state index contributed by atoms with van der Waals surface area (Å²) in [4.78, 5) is 0. The van der Waals surface area contributed by atoms with Crippen LogP contribution >= 0.6 is 23.2 Å². The fourth-order valence-corrected chi connectivity index (χ4v) is 4.19. The molecule has 1 nitrogen and oxygen atoms in total. The topological polar surface area (TPSA) is 12.0 Å². The summed E-state index contributed by atoms with van der Waals surface area (Å²) in [6.07, 6.45) is 5.01. The van der Waals surface area contributed by atoms with Crippen molar-refractivity contribution < 1.29 is 0 Å². The Kier molecular flexibility index (Phi) is 2.27. The molecule has 1 saturated heterocycles. The summed E-state index contributed by atoms with van der Waals surface area (Å²) in [6, 6.07) is 0. The maximum atomic E-state index is 6.27. The zero-order valence-corrected chi connectivity index (χ0v) is 9.82. The van der Waals surface area contributed by atoms with Crippen molar-refractivity contribution >= 4 is 23.2 Å². The summed E-state index contributed by atoms with van der Waals surface area (Å²) in [5, 5.41) is 3.94. The number of piperidine rings is 1. The standard InChI is InChI=1S/C11H17Cl2N/c12-9-2-1-7(3-10(9)13)11-4-8(11)5-14-6-11/h7-10,14H,1-6H2/t7?,8-,9?,10?,11+/m1/s1. The van der Waals surface area contributed by atoms with E-state index in [0.29, 0.717) is 5.41 Å². The molecule has 3 aliphatic rings. The molecule has 14 heavy (non-hydrogen) atoms. The second-order valence-electron chi connectivity index (χ2n) is 5.31. The van der Waals surface area contributed by atoms with Gasteiger partial charge in [0.15, 0.2) is 0 Å². The molecule has 1 heterocycles. The summed E-state index contributed by atoms with van der Waals surface area (Å²) in [7, 11) is 0. The van der Waals surface area contributed by atoms with Gasteiger partial charge in [-0.1, -0.05) is 0 Å². The van der Waals surface area contributed by atoms with Crippen LogP contribution in [0.25, 0.3) is 0 Å². The maximum absolute atomic E-state index is 6.27. The van der Waals surface area contributed by atoms with E-state index in [0.717, 1.165) is 24.7 Å². The molecular weight excluding hydrogens is 217 g/mol. The molecule has 1 N–H and O–H groups in total. The van der Waals surface area contributed by atoms with Crippen LogP contribution in [0.1, 0.15) is 25.7 Å². The molecule has 3 unspecified atom stereocenters. The molecule has 0 radical (unpaired) electrons. The molecule has 3 rings (SSSR count). The highest BCUT2D eigenvalue weighted by Crippen LogP contribution is 2.63. The molecule has 0 bridgehead atoms. The van der Waals surface area contributed by atoms with Crippen molar-refractivity contribution in [1.29, 1.82) is 0 Å². The fraction of sp³-hybridized carbons (Fsp3) is 1.00. The highest BCUT2D eigenvalue weighted by atomic mass is 35.5. The van der Waals surface area contributed by atoms with Crippen molar-refractivity contribution in [2.45, 2.75) is 36.4 Å². The van der Waals surface area contributed by atoms with Gasteiger partial charge >= 0.3 is 0 Å². The monoisotopic (exact) mass is 233 g/mol. The van der Waals surface area contributed by atoms with Gasteiger partial charge < -0.3 is 5.32 Å². The van der Waals surface area contributed by atoms with E-state index < -0.39 is 0 Å². The van der Waals surface area contributed by atoms with E-state index in [-0.39, 0.29) is 10.8 Å². The average molecular weight is 234 g/mol. The van der Waals surface area contributed by atoms with Gasteiger partial charge in [0.1, 0.15) is 0 Å². The molecule has 3 fully saturated rings. The third-order valence-corrected chi connectivity index (χ3v) is 5.76. The largest absolute Gasteiger partial charge is 0.316 e. The quantitative estimate of drug-likeness (QED) is 0.687. The van der Waals surface area contributed by atoms with Crippen LogP contribution in [-0.2, 0) is 0 Å². The SMILES string of the molecule is ClC1CCC([C@]23CNC[C@H]2C3)CC1Cl. The van der Waals surface area contributed by atoms with E-state index in [2.05, 4.69) is 5.32 Å². The highest BCUT2D eigenvalue weighted by molar-refractivity contribution is 6.30. The minimum absolute atomic E-state index is 0.214. The lowest BCUT2D eigenvalue weighted by Crippen LogP contribution is -2.33. The number of nitrogens with one attached hydrogen (secondary N) is 1. The van der Waals surface area contributed by atoms with E-state index in [1.165, 1.54) is 25.9 Å². The number of halogens is 2. The van der Waals surface area contributed by atoms with Crippen LogP contribution in [0, 0.1) is 17.3 Å². The van der Waals surface area contributed by atoms with Crippen LogP contribution < -0.4 is 5.32 Å². The van der Waals surface area contributed by atoms with Crippen LogP contribution in [0.4, 0.5) is 0 Å². The Bertz CT molecular complexity index is 245. The predicted octanol–water partition coefficient (Wildman–Crippen LogP) is 2.61. The molecule has 2 saturated carbocycles. The Morgan fingerprint density at radius 1 is 1.07 bits per heavy atom. The van der Waals surface area contributed by atoms with Crippen molar-refractivity contribution in [2.75, 3.05) is 13.1 Å². The van der Waals surface area contributed by atoms with Crippen molar-refractivity contribution in [3.05, 3.63) is 0 Å². The number of hydrogen-bond donors (Lipinski definition) is 1. The molecule has 5 atom stereocenters.